The van der Waals surface area contributed by atoms with Crippen LogP contribution >= 0.6 is 0 Å². The van der Waals surface area contributed by atoms with Gasteiger partial charge in [0.15, 0.2) is 0 Å². The number of allylic oxidation sites excluding steroid dienone is 1. The molecular weight excluding hydrogens is 124 g/mol. The maximum absolute atomic E-state index is 5.35. The lowest BCUT2D eigenvalue weighted by Gasteiger charge is -1.89. The van der Waals surface area contributed by atoms with Crippen molar-refractivity contribution in [3.63, 3.8) is 0 Å². The van der Waals surface area contributed by atoms with Crippen LogP contribution in [0.5, 0.6) is 0 Å². The fourth-order valence-corrected chi connectivity index (χ4v) is 0.323. The Balaban J connectivity index is 0. The van der Waals surface area contributed by atoms with Crippen LogP contribution in [0.4, 0.5) is 0 Å². The number of hydrogen-bond donors (Lipinski definition) is 1. The van der Waals surface area contributed by atoms with E-state index in [2.05, 4.69) is 4.99 Å². The van der Waals surface area contributed by atoms with Crippen LogP contribution in [-0.4, -0.2) is 5.71 Å². The maximum atomic E-state index is 5.35. The SMILES string of the molecule is C/C=C(/N)N=C(C)C.CC. The highest BCUT2D eigenvalue weighted by molar-refractivity contribution is 5.79. The summed E-state index contributed by atoms with van der Waals surface area (Å²) < 4.78 is 0. The van der Waals surface area contributed by atoms with Gasteiger partial charge in [-0.25, -0.2) is 4.99 Å². The van der Waals surface area contributed by atoms with Crippen molar-refractivity contribution >= 4 is 5.71 Å². The average molecular weight is 142 g/mol. The molecule has 0 amide bonds. The highest BCUT2D eigenvalue weighted by Crippen LogP contribution is 1.85. The van der Waals surface area contributed by atoms with E-state index >= 15 is 0 Å². The zero-order chi connectivity index (χ0) is 8.57. The Morgan fingerprint density at radius 2 is 1.70 bits per heavy atom. The van der Waals surface area contributed by atoms with E-state index in [0.29, 0.717) is 5.82 Å². The average Bonchev–Trinajstić information content (AvgIpc) is 1.91. The van der Waals surface area contributed by atoms with Gasteiger partial charge in [0.05, 0.1) is 0 Å². The number of nitrogens with zero attached hydrogens (tertiary/aromatic N) is 1. The van der Waals surface area contributed by atoms with Crippen molar-refractivity contribution < 1.29 is 0 Å². The Hall–Kier alpha value is -0.790. The molecule has 0 aromatic heterocycles. The lowest BCUT2D eigenvalue weighted by atomic mass is 10.5. The molecule has 0 atom stereocenters. The summed E-state index contributed by atoms with van der Waals surface area (Å²) in [6.45, 7) is 9.69. The van der Waals surface area contributed by atoms with Gasteiger partial charge in [0, 0.05) is 5.71 Å². The van der Waals surface area contributed by atoms with E-state index in [4.69, 9.17) is 5.73 Å². The Labute approximate surface area is 63.8 Å². The molecule has 0 heterocycles. The summed E-state index contributed by atoms with van der Waals surface area (Å²) in [7, 11) is 0. The molecule has 0 unspecified atom stereocenters. The van der Waals surface area contributed by atoms with Gasteiger partial charge in [-0.3, -0.25) is 0 Å². The van der Waals surface area contributed by atoms with Gasteiger partial charge in [0.25, 0.3) is 0 Å². The van der Waals surface area contributed by atoms with Crippen LogP contribution in [0.2, 0.25) is 0 Å². The smallest absolute Gasteiger partial charge is 0.118 e. The highest BCUT2D eigenvalue weighted by Gasteiger charge is 1.78. The topological polar surface area (TPSA) is 38.4 Å². The summed E-state index contributed by atoms with van der Waals surface area (Å²) in [6.07, 6.45) is 1.77. The fraction of sp³-hybridized carbons (Fsp3) is 0.625. The monoisotopic (exact) mass is 142 g/mol. The summed E-state index contributed by atoms with van der Waals surface area (Å²) in [6, 6.07) is 0. The van der Waals surface area contributed by atoms with E-state index < -0.39 is 0 Å². The van der Waals surface area contributed by atoms with Gasteiger partial charge in [-0.1, -0.05) is 13.8 Å². The van der Waals surface area contributed by atoms with Gasteiger partial charge < -0.3 is 5.73 Å². The van der Waals surface area contributed by atoms with Crippen LogP contribution in [0, 0.1) is 0 Å². The first-order valence-electron chi connectivity index (χ1n) is 3.60. The minimum Gasteiger partial charge on any atom is -0.384 e. The van der Waals surface area contributed by atoms with E-state index in [1.807, 2.05) is 34.6 Å². The van der Waals surface area contributed by atoms with Gasteiger partial charge in [0.1, 0.15) is 5.82 Å². The molecule has 0 fully saturated rings. The molecule has 0 aromatic carbocycles. The zero-order valence-electron chi connectivity index (χ0n) is 7.60. The van der Waals surface area contributed by atoms with Gasteiger partial charge in [-0.15, -0.1) is 0 Å². The van der Waals surface area contributed by atoms with Crippen molar-refractivity contribution in [2.45, 2.75) is 34.6 Å². The molecule has 0 aliphatic heterocycles. The van der Waals surface area contributed by atoms with Crippen LogP contribution in [0.15, 0.2) is 16.9 Å². The van der Waals surface area contributed by atoms with Crippen LogP contribution < -0.4 is 5.73 Å². The Bertz CT molecular complexity index is 119. The highest BCUT2D eigenvalue weighted by atomic mass is 14.9. The Morgan fingerprint density at radius 1 is 1.30 bits per heavy atom. The normalized spacial score (nSPS) is 9.50. The molecule has 2 heteroatoms. The number of hydrogen-bond acceptors (Lipinski definition) is 2. The third-order valence-corrected chi connectivity index (χ3v) is 0.648. The van der Waals surface area contributed by atoms with E-state index in [0.717, 1.165) is 5.71 Å². The summed E-state index contributed by atoms with van der Waals surface area (Å²) >= 11 is 0. The second kappa shape index (κ2) is 8.21. The van der Waals surface area contributed by atoms with Crippen molar-refractivity contribution in [3.05, 3.63) is 11.9 Å². The zero-order valence-corrected chi connectivity index (χ0v) is 7.60. The van der Waals surface area contributed by atoms with Crippen LogP contribution in [0.25, 0.3) is 0 Å². The molecule has 0 saturated carbocycles. The molecule has 2 nitrogen and oxygen atoms in total. The molecule has 0 bridgehead atoms. The Morgan fingerprint density at radius 3 is 1.80 bits per heavy atom. The second-order valence-corrected chi connectivity index (χ2v) is 1.77. The lowest BCUT2D eigenvalue weighted by Crippen LogP contribution is -1.94. The first-order chi connectivity index (χ1) is 4.66. The van der Waals surface area contributed by atoms with E-state index in [9.17, 15) is 0 Å². The fourth-order valence-electron chi connectivity index (χ4n) is 0.323. The predicted octanol–water partition coefficient (Wildman–Crippen LogP) is 2.31. The van der Waals surface area contributed by atoms with E-state index in [1.54, 1.807) is 6.08 Å². The van der Waals surface area contributed by atoms with E-state index in [1.165, 1.54) is 0 Å². The van der Waals surface area contributed by atoms with E-state index in [-0.39, 0.29) is 0 Å². The van der Waals surface area contributed by atoms with Crippen molar-refractivity contribution in [2.24, 2.45) is 10.7 Å². The summed E-state index contributed by atoms with van der Waals surface area (Å²) in [5.74, 6) is 0.588. The molecule has 0 aromatic rings. The van der Waals surface area contributed by atoms with Gasteiger partial charge >= 0.3 is 0 Å². The van der Waals surface area contributed by atoms with Gasteiger partial charge in [0.2, 0.25) is 0 Å². The molecule has 0 saturated heterocycles. The van der Waals surface area contributed by atoms with Gasteiger partial charge in [-0.2, -0.15) is 0 Å². The summed E-state index contributed by atoms with van der Waals surface area (Å²) in [4.78, 5) is 3.95. The third-order valence-electron chi connectivity index (χ3n) is 0.648. The molecule has 0 aliphatic rings. The molecule has 0 spiro atoms. The molecule has 0 rings (SSSR count). The minimum atomic E-state index is 0.588. The standard InChI is InChI=1S/C6H12N2.C2H6/c1-4-6(7)8-5(2)3;1-2/h4H,7H2,1-3H3;1-2H3/b6-4-;. The van der Waals surface area contributed by atoms with Crippen LogP contribution in [0.1, 0.15) is 34.6 Å². The predicted molar refractivity (Wildman–Crippen MR) is 48.1 cm³/mol. The second-order valence-electron chi connectivity index (χ2n) is 1.77. The number of aliphatic imine (C=N–C) groups is 1. The molecular formula is C8H18N2. The van der Waals surface area contributed by atoms with Gasteiger partial charge in [-0.05, 0) is 26.8 Å². The minimum absolute atomic E-state index is 0.588. The first-order valence-corrected chi connectivity index (χ1v) is 3.60. The largest absolute Gasteiger partial charge is 0.384 e. The lowest BCUT2D eigenvalue weighted by molar-refractivity contribution is 1.22. The maximum Gasteiger partial charge on any atom is 0.118 e. The third kappa shape index (κ3) is 10.2. The molecule has 0 aliphatic carbocycles. The summed E-state index contributed by atoms with van der Waals surface area (Å²) in [5.41, 5.74) is 6.33. The molecule has 2 N–H and O–H groups in total. The van der Waals surface area contributed by atoms with Crippen molar-refractivity contribution in [2.75, 3.05) is 0 Å². The number of nitrogens with two attached hydrogens (primary N) is 1. The molecule has 0 radical (unpaired) electrons. The quantitative estimate of drug-likeness (QED) is 0.560. The van der Waals surface area contributed by atoms with Crippen molar-refractivity contribution in [3.8, 4) is 0 Å². The number of rotatable bonds is 1. The van der Waals surface area contributed by atoms with Crippen LogP contribution in [-0.2, 0) is 0 Å². The van der Waals surface area contributed by atoms with Crippen LogP contribution in [0.3, 0.4) is 0 Å². The van der Waals surface area contributed by atoms with Crippen molar-refractivity contribution in [1.29, 1.82) is 0 Å². The first kappa shape index (κ1) is 11.9. The molecule has 60 valence electrons. The van der Waals surface area contributed by atoms with Crippen molar-refractivity contribution in [1.82, 2.24) is 0 Å². The summed E-state index contributed by atoms with van der Waals surface area (Å²) in [5, 5.41) is 0. The Kier molecular flexibility index (Phi) is 9.80. The molecule has 10 heavy (non-hydrogen) atoms.